The zero-order valence-corrected chi connectivity index (χ0v) is 19.1. The van der Waals surface area contributed by atoms with Gasteiger partial charge in [-0.05, 0) is 42.0 Å². The molecule has 1 amide bonds. The molecule has 1 aliphatic heterocycles. The minimum absolute atomic E-state index is 0.102. The molecule has 5 rings (SSSR count). The lowest BCUT2D eigenvalue weighted by Crippen LogP contribution is -2.29. The Hall–Kier alpha value is -3.82. The third kappa shape index (κ3) is 3.59. The van der Waals surface area contributed by atoms with Crippen molar-refractivity contribution in [3.63, 3.8) is 0 Å². The van der Waals surface area contributed by atoms with Gasteiger partial charge >= 0.3 is 5.91 Å². The van der Waals surface area contributed by atoms with E-state index in [1.807, 2.05) is 0 Å². The molecule has 1 atom stereocenters. The summed E-state index contributed by atoms with van der Waals surface area (Å²) in [5, 5.41) is 11.2. The number of aromatic nitrogens is 2. The third-order valence-corrected chi connectivity index (χ3v) is 6.74. The molecule has 3 heterocycles. The van der Waals surface area contributed by atoms with Gasteiger partial charge in [-0.3, -0.25) is 19.5 Å². The second-order valence-corrected chi connectivity index (χ2v) is 8.83. The number of anilines is 1. The highest BCUT2D eigenvalue weighted by Gasteiger charge is 2.48. The zero-order valence-electron chi connectivity index (χ0n) is 17.5. The number of pyridine rings is 1. The van der Waals surface area contributed by atoms with Gasteiger partial charge in [0.2, 0.25) is 0 Å². The van der Waals surface area contributed by atoms with E-state index in [4.69, 9.17) is 16.3 Å². The molecular weight excluding hydrogens is 481 g/mol. The normalized spacial score (nSPS) is 17.5. The SMILES string of the molecule is COc1cccc(/C(O)=C2\C(=O)C(=O)N(c3nc4cc(Cl)c(F)cc4s3)C2c2ccncc2)c1. The molecule has 4 aromatic rings. The molecule has 0 radical (unpaired) electrons. The van der Waals surface area contributed by atoms with Crippen molar-refractivity contribution in [3.05, 3.63) is 88.5 Å². The Morgan fingerprint density at radius 2 is 1.94 bits per heavy atom. The number of nitrogens with zero attached hydrogens (tertiary/aromatic N) is 3. The lowest BCUT2D eigenvalue weighted by atomic mass is 9.96. The quantitative estimate of drug-likeness (QED) is 0.240. The fourth-order valence-corrected chi connectivity index (χ4v) is 4.99. The molecule has 1 saturated heterocycles. The number of amides is 1. The van der Waals surface area contributed by atoms with E-state index in [-0.39, 0.29) is 21.5 Å². The highest BCUT2D eigenvalue weighted by atomic mass is 35.5. The van der Waals surface area contributed by atoms with E-state index in [0.717, 1.165) is 11.3 Å². The minimum atomic E-state index is -0.977. The van der Waals surface area contributed by atoms with Crippen LogP contribution in [0.2, 0.25) is 5.02 Å². The van der Waals surface area contributed by atoms with Crippen LogP contribution in [0.5, 0.6) is 5.75 Å². The second-order valence-electron chi connectivity index (χ2n) is 7.41. The fraction of sp³-hybridized carbons (Fsp3) is 0.0833. The molecule has 1 fully saturated rings. The predicted octanol–water partition coefficient (Wildman–Crippen LogP) is 5.12. The number of rotatable bonds is 4. The van der Waals surface area contributed by atoms with Crippen LogP contribution in [0.3, 0.4) is 0 Å². The Morgan fingerprint density at radius 1 is 1.18 bits per heavy atom. The summed E-state index contributed by atoms with van der Waals surface area (Å²) < 4.78 is 19.7. The first-order valence-electron chi connectivity index (χ1n) is 10.00. The maximum atomic E-state index is 14.0. The summed E-state index contributed by atoms with van der Waals surface area (Å²) in [6.07, 6.45) is 3.04. The van der Waals surface area contributed by atoms with E-state index in [2.05, 4.69) is 9.97 Å². The van der Waals surface area contributed by atoms with E-state index < -0.39 is 23.5 Å². The molecule has 0 spiro atoms. The number of hydrogen-bond acceptors (Lipinski definition) is 7. The van der Waals surface area contributed by atoms with Gasteiger partial charge in [0.1, 0.15) is 17.3 Å². The molecule has 0 bridgehead atoms. The van der Waals surface area contributed by atoms with Crippen molar-refractivity contribution in [3.8, 4) is 5.75 Å². The van der Waals surface area contributed by atoms with Gasteiger partial charge in [0.15, 0.2) is 5.13 Å². The van der Waals surface area contributed by atoms with Crippen molar-refractivity contribution in [1.29, 1.82) is 0 Å². The first kappa shape index (κ1) is 22.0. The summed E-state index contributed by atoms with van der Waals surface area (Å²) >= 11 is 6.93. The molecule has 2 aromatic heterocycles. The van der Waals surface area contributed by atoms with Crippen molar-refractivity contribution in [1.82, 2.24) is 9.97 Å². The highest BCUT2D eigenvalue weighted by molar-refractivity contribution is 7.22. The average Bonchev–Trinajstić information content (AvgIpc) is 3.37. The Kier molecular flexibility index (Phi) is 5.51. The number of aliphatic hydroxyl groups is 1. The fourth-order valence-electron chi connectivity index (χ4n) is 3.83. The van der Waals surface area contributed by atoms with Gasteiger partial charge < -0.3 is 9.84 Å². The Bertz CT molecular complexity index is 1450. The molecule has 34 heavy (non-hydrogen) atoms. The second kappa shape index (κ2) is 8.51. The maximum absolute atomic E-state index is 14.0. The number of thiazole rings is 1. The molecule has 10 heteroatoms. The van der Waals surface area contributed by atoms with Gasteiger partial charge in [-0.1, -0.05) is 35.1 Å². The summed E-state index contributed by atoms with van der Waals surface area (Å²) in [5.41, 5.74) is 1.14. The molecule has 7 nitrogen and oxygen atoms in total. The number of aliphatic hydroxyl groups excluding tert-OH is 1. The van der Waals surface area contributed by atoms with Crippen LogP contribution in [0.15, 0.2) is 66.5 Å². The number of methoxy groups -OCH3 is 1. The number of ether oxygens (including phenoxy) is 1. The monoisotopic (exact) mass is 495 g/mol. The van der Waals surface area contributed by atoms with Crippen molar-refractivity contribution in [2.75, 3.05) is 12.0 Å². The van der Waals surface area contributed by atoms with E-state index in [1.54, 1.807) is 36.4 Å². The summed E-state index contributed by atoms with van der Waals surface area (Å²) in [7, 11) is 1.48. The molecule has 0 aliphatic carbocycles. The van der Waals surface area contributed by atoms with Gasteiger partial charge in [0.05, 0.1) is 34.0 Å². The Balaban J connectivity index is 1.72. The van der Waals surface area contributed by atoms with Gasteiger partial charge in [0, 0.05) is 18.0 Å². The predicted molar refractivity (Wildman–Crippen MR) is 127 cm³/mol. The van der Waals surface area contributed by atoms with Gasteiger partial charge in [0.25, 0.3) is 5.78 Å². The van der Waals surface area contributed by atoms with E-state index in [9.17, 15) is 19.1 Å². The van der Waals surface area contributed by atoms with Crippen LogP contribution in [-0.2, 0) is 9.59 Å². The summed E-state index contributed by atoms with van der Waals surface area (Å²) in [6, 6.07) is 11.4. The molecule has 1 N–H and O–H groups in total. The van der Waals surface area contributed by atoms with Gasteiger partial charge in [-0.15, -0.1) is 0 Å². The lowest BCUT2D eigenvalue weighted by molar-refractivity contribution is -0.132. The highest BCUT2D eigenvalue weighted by Crippen LogP contribution is 2.44. The van der Waals surface area contributed by atoms with Gasteiger partial charge in [-0.25, -0.2) is 9.37 Å². The minimum Gasteiger partial charge on any atom is -0.507 e. The van der Waals surface area contributed by atoms with Crippen LogP contribution in [0.25, 0.3) is 16.0 Å². The smallest absolute Gasteiger partial charge is 0.301 e. The zero-order chi connectivity index (χ0) is 24.0. The summed E-state index contributed by atoms with van der Waals surface area (Å²) in [6.45, 7) is 0. The Labute approximate surface area is 201 Å². The number of benzene rings is 2. The summed E-state index contributed by atoms with van der Waals surface area (Å²) in [5.74, 6) is -2.22. The standard InChI is InChI=1S/C24H15ClFN3O4S/c1-33-14-4-2-3-13(9-14)21(30)19-20(12-5-7-27-8-6-12)29(23(32)22(19)31)24-28-17-10-15(25)16(26)11-18(17)34-24/h2-11,20,30H,1H3/b21-19+. The number of fused-ring (bicyclic) bond motifs is 1. The van der Waals surface area contributed by atoms with Crippen LogP contribution >= 0.6 is 22.9 Å². The van der Waals surface area contributed by atoms with Crippen molar-refractivity contribution in [2.45, 2.75) is 6.04 Å². The first-order chi connectivity index (χ1) is 16.4. The number of halogens is 2. The van der Waals surface area contributed by atoms with Crippen LogP contribution < -0.4 is 9.64 Å². The van der Waals surface area contributed by atoms with E-state index in [0.29, 0.717) is 27.1 Å². The first-order valence-corrected chi connectivity index (χ1v) is 11.2. The topological polar surface area (TPSA) is 92.6 Å². The largest absolute Gasteiger partial charge is 0.507 e. The average molecular weight is 496 g/mol. The lowest BCUT2D eigenvalue weighted by Gasteiger charge is -2.22. The van der Waals surface area contributed by atoms with E-state index >= 15 is 0 Å². The van der Waals surface area contributed by atoms with Gasteiger partial charge in [-0.2, -0.15) is 0 Å². The van der Waals surface area contributed by atoms with Crippen molar-refractivity contribution >= 4 is 55.7 Å². The molecule has 2 aromatic carbocycles. The van der Waals surface area contributed by atoms with Crippen molar-refractivity contribution < 1.29 is 23.8 Å². The number of ketones is 1. The number of hydrogen-bond donors (Lipinski definition) is 1. The molecule has 1 unspecified atom stereocenters. The van der Waals surface area contributed by atoms with Crippen LogP contribution in [-0.4, -0.2) is 33.9 Å². The molecule has 1 aliphatic rings. The third-order valence-electron chi connectivity index (χ3n) is 5.43. The Morgan fingerprint density at radius 3 is 2.68 bits per heavy atom. The van der Waals surface area contributed by atoms with Crippen LogP contribution in [0.1, 0.15) is 17.2 Å². The van der Waals surface area contributed by atoms with Crippen molar-refractivity contribution in [2.24, 2.45) is 0 Å². The molecular formula is C24H15ClFN3O4S. The maximum Gasteiger partial charge on any atom is 0.301 e. The van der Waals surface area contributed by atoms with Crippen LogP contribution in [0.4, 0.5) is 9.52 Å². The van der Waals surface area contributed by atoms with E-state index in [1.165, 1.54) is 36.5 Å². The number of Topliss-reactive ketones (excluding diaryl/α,β-unsaturated/α-hetero) is 1. The van der Waals surface area contributed by atoms with Crippen LogP contribution in [0, 0.1) is 5.82 Å². The number of carbonyl (C=O) groups excluding carboxylic acids is 2. The molecule has 170 valence electrons. The summed E-state index contributed by atoms with van der Waals surface area (Å²) in [4.78, 5) is 36.1. The number of carbonyl (C=O) groups is 2. The molecule has 0 saturated carbocycles.